The molecule has 0 saturated carbocycles. The maximum absolute atomic E-state index is 11.9. The van der Waals surface area contributed by atoms with Gasteiger partial charge in [0.2, 0.25) is 5.82 Å². The van der Waals surface area contributed by atoms with E-state index >= 15 is 0 Å². The maximum atomic E-state index is 11.9. The van der Waals surface area contributed by atoms with Gasteiger partial charge >= 0.3 is 0 Å². The van der Waals surface area contributed by atoms with E-state index in [9.17, 15) is 4.79 Å². The van der Waals surface area contributed by atoms with Gasteiger partial charge in [0, 0.05) is 0 Å². The number of nitrogens with zero attached hydrogens (tertiary/aromatic N) is 5. The number of aromatic amines is 1. The lowest BCUT2D eigenvalue weighted by atomic mass is 10.2. The van der Waals surface area contributed by atoms with Gasteiger partial charge in [0.25, 0.3) is 5.91 Å². The first-order chi connectivity index (χ1) is 9.34. The fraction of sp³-hybridized carbons (Fsp3) is 0. The molecule has 0 atom stereocenters. The zero-order valence-corrected chi connectivity index (χ0v) is 9.69. The SMILES string of the molecule is O=C(Nc1ccccc1-n1ccnn1)c1ncn[nH]1. The van der Waals surface area contributed by atoms with Crippen LogP contribution in [0.5, 0.6) is 0 Å². The summed E-state index contributed by atoms with van der Waals surface area (Å²) in [4.78, 5) is 15.7. The van der Waals surface area contributed by atoms with Crippen LogP contribution in [-0.2, 0) is 0 Å². The molecular formula is C11H9N7O. The van der Waals surface area contributed by atoms with Crippen LogP contribution in [0.4, 0.5) is 5.69 Å². The Labute approximate surface area is 107 Å². The van der Waals surface area contributed by atoms with E-state index in [2.05, 4.69) is 30.8 Å². The molecule has 0 spiro atoms. The molecule has 0 aliphatic rings. The van der Waals surface area contributed by atoms with Crippen molar-refractivity contribution in [2.24, 2.45) is 0 Å². The molecule has 0 radical (unpaired) electrons. The summed E-state index contributed by atoms with van der Waals surface area (Å²) in [6, 6.07) is 7.26. The molecule has 0 saturated heterocycles. The Kier molecular flexibility index (Phi) is 2.73. The molecule has 0 fully saturated rings. The highest BCUT2D eigenvalue weighted by atomic mass is 16.2. The summed E-state index contributed by atoms with van der Waals surface area (Å²) >= 11 is 0. The van der Waals surface area contributed by atoms with Crippen molar-refractivity contribution in [2.75, 3.05) is 5.32 Å². The predicted octanol–water partition coefficient (Wildman–Crippen LogP) is 0.638. The molecule has 2 heterocycles. The molecule has 0 aliphatic heterocycles. The third-order valence-corrected chi connectivity index (χ3v) is 2.45. The van der Waals surface area contributed by atoms with E-state index in [1.165, 1.54) is 6.33 Å². The second-order valence-corrected chi connectivity index (χ2v) is 3.65. The van der Waals surface area contributed by atoms with E-state index in [0.29, 0.717) is 11.4 Å². The first kappa shape index (κ1) is 11.1. The maximum Gasteiger partial charge on any atom is 0.293 e. The molecule has 3 rings (SSSR count). The third-order valence-electron chi connectivity index (χ3n) is 2.45. The minimum atomic E-state index is -0.370. The molecular weight excluding hydrogens is 246 g/mol. The van der Waals surface area contributed by atoms with Crippen LogP contribution in [-0.4, -0.2) is 36.1 Å². The molecule has 3 aromatic rings. The van der Waals surface area contributed by atoms with Gasteiger partial charge in [0.15, 0.2) is 0 Å². The van der Waals surface area contributed by atoms with Crippen LogP contribution in [0.1, 0.15) is 10.6 Å². The third kappa shape index (κ3) is 2.18. The number of H-pyrrole nitrogens is 1. The Hall–Kier alpha value is -3.03. The number of amides is 1. The summed E-state index contributed by atoms with van der Waals surface area (Å²) in [7, 11) is 0. The van der Waals surface area contributed by atoms with Crippen LogP contribution in [0.2, 0.25) is 0 Å². The first-order valence-corrected chi connectivity index (χ1v) is 5.47. The van der Waals surface area contributed by atoms with Crippen molar-refractivity contribution in [1.82, 2.24) is 30.2 Å². The highest BCUT2D eigenvalue weighted by molar-refractivity contribution is 6.02. The molecule has 0 bridgehead atoms. The van der Waals surface area contributed by atoms with Crippen molar-refractivity contribution in [3.05, 3.63) is 48.8 Å². The van der Waals surface area contributed by atoms with Crippen LogP contribution in [0, 0.1) is 0 Å². The Morgan fingerprint density at radius 3 is 2.95 bits per heavy atom. The van der Waals surface area contributed by atoms with Crippen LogP contribution >= 0.6 is 0 Å². The number of nitrogens with one attached hydrogen (secondary N) is 2. The summed E-state index contributed by atoms with van der Waals surface area (Å²) in [5.41, 5.74) is 1.32. The van der Waals surface area contributed by atoms with Gasteiger partial charge in [-0.2, -0.15) is 5.10 Å². The van der Waals surface area contributed by atoms with Gasteiger partial charge in [-0.1, -0.05) is 17.3 Å². The van der Waals surface area contributed by atoms with E-state index in [1.54, 1.807) is 23.1 Å². The Balaban J connectivity index is 1.92. The number of hydrogen-bond acceptors (Lipinski definition) is 5. The molecule has 2 aromatic heterocycles. The summed E-state index contributed by atoms with van der Waals surface area (Å²) in [6.45, 7) is 0. The highest BCUT2D eigenvalue weighted by Crippen LogP contribution is 2.18. The zero-order valence-electron chi connectivity index (χ0n) is 9.69. The average molecular weight is 255 g/mol. The summed E-state index contributed by atoms with van der Waals surface area (Å²) in [5, 5.41) is 16.5. The van der Waals surface area contributed by atoms with Crippen molar-refractivity contribution >= 4 is 11.6 Å². The average Bonchev–Trinajstić information content (AvgIpc) is 3.13. The van der Waals surface area contributed by atoms with E-state index < -0.39 is 0 Å². The zero-order chi connectivity index (χ0) is 13.1. The monoisotopic (exact) mass is 255 g/mol. The van der Waals surface area contributed by atoms with Crippen molar-refractivity contribution in [3.63, 3.8) is 0 Å². The number of carbonyl (C=O) groups is 1. The fourth-order valence-corrected chi connectivity index (χ4v) is 1.61. The van der Waals surface area contributed by atoms with Crippen molar-refractivity contribution in [1.29, 1.82) is 0 Å². The molecule has 0 aliphatic carbocycles. The lowest BCUT2D eigenvalue weighted by molar-refractivity contribution is 0.101. The Morgan fingerprint density at radius 1 is 1.32 bits per heavy atom. The Morgan fingerprint density at radius 2 is 2.21 bits per heavy atom. The quantitative estimate of drug-likeness (QED) is 0.715. The molecule has 1 aromatic carbocycles. The number of anilines is 1. The lowest BCUT2D eigenvalue weighted by Crippen LogP contribution is -2.15. The summed E-state index contributed by atoms with van der Waals surface area (Å²) in [6.07, 6.45) is 4.53. The molecule has 0 unspecified atom stereocenters. The van der Waals surface area contributed by atoms with E-state index in [1.807, 2.05) is 18.2 Å². The Bertz CT molecular complexity index is 675. The molecule has 19 heavy (non-hydrogen) atoms. The van der Waals surface area contributed by atoms with Gasteiger partial charge in [-0.25, -0.2) is 9.67 Å². The number of carbonyl (C=O) groups excluding carboxylic acids is 1. The summed E-state index contributed by atoms with van der Waals surface area (Å²) < 4.78 is 1.57. The first-order valence-electron chi connectivity index (χ1n) is 5.47. The van der Waals surface area contributed by atoms with E-state index in [4.69, 9.17) is 0 Å². The number of para-hydroxylation sites is 2. The standard InChI is InChI=1S/C11H9N7O/c19-11(10-12-7-14-16-10)15-8-3-1-2-4-9(8)18-6-5-13-17-18/h1-7H,(H,15,19)(H,12,14,16). The van der Waals surface area contributed by atoms with Crippen molar-refractivity contribution in [3.8, 4) is 5.69 Å². The second-order valence-electron chi connectivity index (χ2n) is 3.65. The molecule has 2 N–H and O–H groups in total. The molecule has 8 nitrogen and oxygen atoms in total. The van der Waals surface area contributed by atoms with Crippen molar-refractivity contribution in [2.45, 2.75) is 0 Å². The van der Waals surface area contributed by atoms with E-state index in [-0.39, 0.29) is 11.7 Å². The van der Waals surface area contributed by atoms with Gasteiger partial charge in [0.1, 0.15) is 6.33 Å². The minimum Gasteiger partial charge on any atom is -0.317 e. The van der Waals surface area contributed by atoms with Gasteiger partial charge in [0.05, 0.1) is 23.8 Å². The van der Waals surface area contributed by atoms with Gasteiger partial charge < -0.3 is 5.32 Å². The normalized spacial score (nSPS) is 10.3. The lowest BCUT2D eigenvalue weighted by Gasteiger charge is -2.09. The van der Waals surface area contributed by atoms with Gasteiger partial charge in [-0.15, -0.1) is 5.10 Å². The number of hydrogen-bond donors (Lipinski definition) is 2. The predicted molar refractivity (Wildman–Crippen MR) is 65.7 cm³/mol. The number of aromatic nitrogens is 6. The molecule has 8 heteroatoms. The van der Waals surface area contributed by atoms with Crippen LogP contribution in [0.3, 0.4) is 0 Å². The molecule has 94 valence electrons. The van der Waals surface area contributed by atoms with Crippen LogP contribution < -0.4 is 5.32 Å². The van der Waals surface area contributed by atoms with Crippen molar-refractivity contribution < 1.29 is 4.79 Å². The fourth-order valence-electron chi connectivity index (χ4n) is 1.61. The smallest absolute Gasteiger partial charge is 0.293 e. The summed E-state index contributed by atoms with van der Waals surface area (Å²) in [5.74, 6) is -0.224. The van der Waals surface area contributed by atoms with Gasteiger partial charge in [-0.05, 0) is 12.1 Å². The number of benzene rings is 1. The molecule has 1 amide bonds. The van der Waals surface area contributed by atoms with E-state index in [0.717, 1.165) is 0 Å². The van der Waals surface area contributed by atoms with Crippen LogP contribution in [0.25, 0.3) is 5.69 Å². The largest absolute Gasteiger partial charge is 0.317 e. The topological polar surface area (TPSA) is 101 Å². The second kappa shape index (κ2) is 4.69. The van der Waals surface area contributed by atoms with Gasteiger partial charge in [-0.3, -0.25) is 9.89 Å². The van der Waals surface area contributed by atoms with Crippen LogP contribution in [0.15, 0.2) is 43.0 Å². The number of rotatable bonds is 3. The minimum absolute atomic E-state index is 0.147. The highest BCUT2D eigenvalue weighted by Gasteiger charge is 2.12.